The van der Waals surface area contributed by atoms with E-state index in [-0.39, 0.29) is 6.54 Å². The van der Waals surface area contributed by atoms with Crippen LogP contribution >= 0.6 is 22.7 Å². The predicted octanol–water partition coefficient (Wildman–Crippen LogP) is 5.15. The van der Waals surface area contributed by atoms with Crippen molar-refractivity contribution in [3.63, 3.8) is 0 Å². The molecule has 0 bridgehead atoms. The first-order chi connectivity index (χ1) is 13.0. The molecule has 0 amide bonds. The van der Waals surface area contributed by atoms with E-state index in [9.17, 15) is 8.78 Å². The maximum absolute atomic E-state index is 14.5. The largest absolute Gasteiger partial charge is 0.375 e. The van der Waals surface area contributed by atoms with Crippen LogP contribution in [0.1, 0.15) is 18.2 Å². The highest BCUT2D eigenvalue weighted by Crippen LogP contribution is 2.42. The van der Waals surface area contributed by atoms with Gasteiger partial charge in [0.05, 0.1) is 39.1 Å². The summed E-state index contributed by atoms with van der Waals surface area (Å²) in [7, 11) is 1.74. The lowest BCUT2D eigenvalue weighted by atomic mass is 10.0. The number of halogens is 2. The Bertz CT molecular complexity index is 1020. The fourth-order valence-electron chi connectivity index (χ4n) is 3.50. The molecule has 0 saturated carbocycles. The van der Waals surface area contributed by atoms with Crippen molar-refractivity contribution >= 4 is 38.4 Å². The minimum Gasteiger partial charge on any atom is -0.375 e. The molecule has 1 aliphatic heterocycles. The average molecular weight is 404 g/mol. The van der Waals surface area contributed by atoms with Crippen LogP contribution in [-0.2, 0) is 0 Å². The summed E-state index contributed by atoms with van der Waals surface area (Å²) in [5, 5.41) is 6.13. The number of hydrogen-bond donors (Lipinski definition) is 1. The molecular weight excluding hydrogens is 384 g/mol. The van der Waals surface area contributed by atoms with E-state index in [1.165, 1.54) is 22.7 Å². The van der Waals surface area contributed by atoms with Gasteiger partial charge < -0.3 is 10.2 Å². The first-order valence-electron chi connectivity index (χ1n) is 8.69. The molecule has 4 rings (SSSR count). The van der Waals surface area contributed by atoms with E-state index < -0.39 is 12.0 Å². The fourth-order valence-corrected chi connectivity index (χ4v) is 5.23. The molecule has 7 heteroatoms. The summed E-state index contributed by atoms with van der Waals surface area (Å²) < 4.78 is 30.0. The van der Waals surface area contributed by atoms with Crippen LogP contribution in [0.4, 0.5) is 14.5 Å². The summed E-state index contributed by atoms with van der Waals surface area (Å²) in [5.41, 5.74) is 4.41. The van der Waals surface area contributed by atoms with Gasteiger partial charge in [-0.25, -0.2) is 13.8 Å². The third kappa shape index (κ3) is 3.45. The van der Waals surface area contributed by atoms with Gasteiger partial charge in [-0.1, -0.05) is 18.1 Å². The van der Waals surface area contributed by atoms with Gasteiger partial charge in [-0.15, -0.1) is 28.6 Å². The fraction of sp³-hybridized carbons (Fsp3) is 0.350. The van der Waals surface area contributed by atoms with Crippen LogP contribution in [0.25, 0.3) is 21.3 Å². The summed E-state index contributed by atoms with van der Waals surface area (Å²) in [6.45, 7) is 2.24. The van der Waals surface area contributed by atoms with Gasteiger partial charge in [0.25, 0.3) is 5.92 Å². The Balaban J connectivity index is 1.79. The van der Waals surface area contributed by atoms with Crippen LogP contribution in [0.5, 0.6) is 0 Å². The van der Waals surface area contributed by atoms with Crippen LogP contribution < -0.4 is 5.32 Å². The molecule has 1 N–H and O–H groups in total. The van der Waals surface area contributed by atoms with Crippen molar-refractivity contribution in [3.8, 4) is 23.1 Å². The molecule has 140 valence electrons. The highest BCUT2D eigenvalue weighted by atomic mass is 32.1. The van der Waals surface area contributed by atoms with E-state index in [1.807, 2.05) is 23.6 Å². The molecule has 1 aromatic carbocycles. The minimum atomic E-state index is -2.77. The summed E-state index contributed by atoms with van der Waals surface area (Å²) in [4.78, 5) is 7.04. The van der Waals surface area contributed by atoms with Crippen molar-refractivity contribution in [1.82, 2.24) is 9.88 Å². The van der Waals surface area contributed by atoms with Gasteiger partial charge in [0, 0.05) is 22.9 Å². The highest BCUT2D eigenvalue weighted by Gasteiger charge is 2.43. The van der Waals surface area contributed by atoms with Crippen LogP contribution in [0.3, 0.4) is 0 Å². The van der Waals surface area contributed by atoms with Crippen LogP contribution in [-0.4, -0.2) is 42.0 Å². The Hall–Kier alpha value is -2.01. The second kappa shape index (κ2) is 7.19. The first kappa shape index (κ1) is 18.4. The Kier molecular flexibility index (Phi) is 4.89. The van der Waals surface area contributed by atoms with Crippen LogP contribution in [0.2, 0.25) is 0 Å². The third-order valence-electron chi connectivity index (χ3n) is 4.76. The van der Waals surface area contributed by atoms with Crippen molar-refractivity contribution in [1.29, 1.82) is 0 Å². The maximum Gasteiger partial charge on any atom is 0.280 e. The molecule has 3 heterocycles. The zero-order valence-corrected chi connectivity index (χ0v) is 16.7. The van der Waals surface area contributed by atoms with Gasteiger partial charge in [-0.2, -0.15) is 0 Å². The Labute approximate surface area is 165 Å². The van der Waals surface area contributed by atoms with Crippen molar-refractivity contribution in [2.75, 3.05) is 25.5 Å². The Morgan fingerprint density at radius 3 is 2.93 bits per heavy atom. The molecule has 1 saturated heterocycles. The van der Waals surface area contributed by atoms with Gasteiger partial charge in [0.1, 0.15) is 0 Å². The summed E-state index contributed by atoms with van der Waals surface area (Å²) in [6.07, 6.45) is 0.409. The number of hydrogen-bond acceptors (Lipinski definition) is 5. The molecule has 2 aromatic heterocycles. The molecular formula is C20H19F2N3S2. The maximum atomic E-state index is 14.5. The number of thiophene rings is 1. The SMILES string of the molecule is CC#Cc1sc2c(NC3CCN(C)CC3(F)F)cccc2c1-c1cscn1. The van der Waals surface area contributed by atoms with E-state index in [1.54, 1.807) is 24.4 Å². The van der Waals surface area contributed by atoms with Gasteiger partial charge in [0.2, 0.25) is 0 Å². The van der Waals surface area contributed by atoms with Gasteiger partial charge >= 0.3 is 0 Å². The van der Waals surface area contributed by atoms with Crippen molar-refractivity contribution in [3.05, 3.63) is 34.0 Å². The molecule has 1 fully saturated rings. The smallest absolute Gasteiger partial charge is 0.280 e. The quantitative estimate of drug-likeness (QED) is 0.613. The average Bonchev–Trinajstić information content (AvgIpc) is 3.24. The van der Waals surface area contributed by atoms with E-state index in [4.69, 9.17) is 0 Å². The van der Waals surface area contributed by atoms with Crippen molar-refractivity contribution in [2.45, 2.75) is 25.3 Å². The number of aromatic nitrogens is 1. The third-order valence-corrected chi connectivity index (χ3v) is 6.50. The molecule has 1 unspecified atom stereocenters. The number of piperidine rings is 1. The van der Waals surface area contributed by atoms with E-state index in [2.05, 4.69) is 22.1 Å². The Morgan fingerprint density at radius 1 is 1.37 bits per heavy atom. The minimum absolute atomic E-state index is 0.221. The zero-order chi connectivity index (χ0) is 19.0. The normalized spacial score (nSPS) is 19.6. The van der Waals surface area contributed by atoms with Gasteiger partial charge in [0.15, 0.2) is 0 Å². The molecule has 0 spiro atoms. The number of alkyl halides is 2. The molecule has 3 aromatic rings. The molecule has 1 aliphatic rings. The monoisotopic (exact) mass is 403 g/mol. The molecule has 1 atom stereocenters. The topological polar surface area (TPSA) is 28.2 Å². The predicted molar refractivity (Wildman–Crippen MR) is 110 cm³/mol. The van der Waals surface area contributed by atoms with Crippen LogP contribution in [0.15, 0.2) is 29.1 Å². The number of anilines is 1. The van der Waals surface area contributed by atoms with Crippen LogP contribution in [0, 0.1) is 11.8 Å². The second-order valence-electron chi connectivity index (χ2n) is 6.72. The zero-order valence-electron chi connectivity index (χ0n) is 15.1. The lowest BCUT2D eigenvalue weighted by Crippen LogP contribution is -2.53. The van der Waals surface area contributed by atoms with E-state index in [0.717, 1.165) is 31.9 Å². The number of nitrogens with zero attached hydrogens (tertiary/aromatic N) is 2. The first-order valence-corrected chi connectivity index (χ1v) is 10.5. The second-order valence-corrected chi connectivity index (χ2v) is 8.46. The number of likely N-dealkylation sites (tertiary alicyclic amines) is 1. The van der Waals surface area contributed by atoms with Gasteiger partial charge in [-0.05, 0) is 26.5 Å². The highest BCUT2D eigenvalue weighted by molar-refractivity contribution is 7.21. The summed E-state index contributed by atoms with van der Waals surface area (Å²) in [5.74, 6) is 3.35. The molecule has 27 heavy (non-hydrogen) atoms. The number of rotatable bonds is 3. The van der Waals surface area contributed by atoms with Crippen molar-refractivity contribution in [2.24, 2.45) is 0 Å². The molecule has 3 nitrogen and oxygen atoms in total. The number of fused-ring (bicyclic) bond motifs is 1. The lowest BCUT2D eigenvalue weighted by Gasteiger charge is -2.37. The number of benzene rings is 1. The number of nitrogens with one attached hydrogen (secondary N) is 1. The van der Waals surface area contributed by atoms with E-state index >= 15 is 0 Å². The molecule has 0 radical (unpaired) electrons. The lowest BCUT2D eigenvalue weighted by molar-refractivity contribution is -0.0672. The standard InChI is InChI=1S/C20H19F2N3S2/c1-3-5-16-18(15-10-26-12-23-15)13-6-4-7-14(19(13)27-16)24-17-8-9-25(2)11-20(17,21)22/h4,6-7,10,12,17,24H,8-9,11H2,1-2H3. The summed E-state index contributed by atoms with van der Waals surface area (Å²) >= 11 is 3.07. The van der Waals surface area contributed by atoms with E-state index in [0.29, 0.717) is 13.0 Å². The van der Waals surface area contributed by atoms with Gasteiger partial charge in [-0.3, -0.25) is 0 Å². The Morgan fingerprint density at radius 2 is 2.22 bits per heavy atom. The summed E-state index contributed by atoms with van der Waals surface area (Å²) in [6, 6.07) is 4.93. The van der Waals surface area contributed by atoms with Crippen molar-refractivity contribution < 1.29 is 8.78 Å². The number of thiazole rings is 1. The molecule has 0 aliphatic carbocycles.